The first-order valence-corrected chi connectivity index (χ1v) is 8.85. The molecule has 0 radical (unpaired) electrons. The minimum Gasteiger partial charge on any atom is -0.332 e. The fourth-order valence-electron chi connectivity index (χ4n) is 3.21. The Bertz CT molecular complexity index is 1190. The normalized spacial score (nSPS) is 10.9. The molecule has 7 nitrogen and oxygen atoms in total. The number of anilines is 1. The van der Waals surface area contributed by atoms with Crippen LogP contribution in [0.15, 0.2) is 60.7 Å². The maximum atomic E-state index is 12.7. The third-order valence-corrected chi connectivity index (χ3v) is 4.65. The van der Waals surface area contributed by atoms with Crippen molar-refractivity contribution >= 4 is 39.3 Å². The monoisotopic (exact) mass is 373 g/mol. The van der Waals surface area contributed by atoms with E-state index in [9.17, 15) is 9.59 Å². The summed E-state index contributed by atoms with van der Waals surface area (Å²) in [7, 11) is 3.40. The van der Waals surface area contributed by atoms with Gasteiger partial charge in [-0.05, 0) is 29.7 Å². The first kappa shape index (κ1) is 17.7. The first-order chi connectivity index (χ1) is 13.5. The van der Waals surface area contributed by atoms with Crippen LogP contribution in [0.2, 0.25) is 0 Å². The van der Waals surface area contributed by atoms with E-state index in [1.807, 2.05) is 42.5 Å². The second-order valence-corrected chi connectivity index (χ2v) is 6.65. The van der Waals surface area contributed by atoms with Crippen molar-refractivity contribution in [1.82, 2.24) is 19.9 Å². The van der Waals surface area contributed by atoms with Crippen molar-refractivity contribution in [3.63, 3.8) is 0 Å². The van der Waals surface area contributed by atoms with Crippen LogP contribution >= 0.6 is 0 Å². The molecule has 2 amide bonds. The molecule has 1 heterocycles. The van der Waals surface area contributed by atoms with E-state index < -0.39 is 0 Å². The van der Waals surface area contributed by atoms with E-state index in [-0.39, 0.29) is 18.4 Å². The van der Waals surface area contributed by atoms with Crippen LogP contribution in [0.5, 0.6) is 0 Å². The van der Waals surface area contributed by atoms with Gasteiger partial charge >= 0.3 is 0 Å². The lowest BCUT2D eigenvalue weighted by Crippen LogP contribution is -2.34. The van der Waals surface area contributed by atoms with E-state index in [0.717, 1.165) is 22.0 Å². The van der Waals surface area contributed by atoms with Crippen molar-refractivity contribution in [2.45, 2.75) is 0 Å². The van der Waals surface area contributed by atoms with Crippen molar-refractivity contribution < 1.29 is 9.59 Å². The lowest BCUT2D eigenvalue weighted by Gasteiger charge is -2.17. The number of benzene rings is 3. The zero-order valence-corrected chi connectivity index (χ0v) is 15.6. The maximum absolute atomic E-state index is 12.7. The summed E-state index contributed by atoms with van der Waals surface area (Å²) in [4.78, 5) is 26.6. The lowest BCUT2D eigenvalue weighted by atomic mass is 10.1. The molecule has 0 saturated carbocycles. The summed E-state index contributed by atoms with van der Waals surface area (Å²) >= 11 is 0. The molecule has 1 aromatic heterocycles. The predicted octanol–water partition coefficient (Wildman–Crippen LogP) is 2.83. The van der Waals surface area contributed by atoms with Gasteiger partial charge in [0.1, 0.15) is 5.52 Å². The summed E-state index contributed by atoms with van der Waals surface area (Å²) < 4.78 is 1.64. The molecule has 0 fully saturated rings. The van der Waals surface area contributed by atoms with Gasteiger partial charge in [0.05, 0.1) is 12.1 Å². The highest BCUT2D eigenvalue weighted by molar-refractivity contribution is 6.04. The van der Waals surface area contributed by atoms with Gasteiger partial charge in [0.15, 0.2) is 0 Å². The first-order valence-electron chi connectivity index (χ1n) is 8.85. The van der Waals surface area contributed by atoms with E-state index in [1.165, 1.54) is 4.90 Å². The number of hydrogen-bond donors (Lipinski definition) is 1. The Balaban J connectivity index is 1.48. The van der Waals surface area contributed by atoms with Crippen molar-refractivity contribution in [2.75, 3.05) is 18.9 Å². The maximum Gasteiger partial charge on any atom is 0.254 e. The number of carbonyl (C=O) groups excluding carboxylic acids is 2. The molecule has 4 rings (SSSR count). The minimum atomic E-state index is -0.257. The van der Waals surface area contributed by atoms with Gasteiger partial charge < -0.3 is 10.2 Å². The summed E-state index contributed by atoms with van der Waals surface area (Å²) in [6.07, 6.45) is 0. The SMILES string of the molecule is CN(CC(=O)Nc1cccc2ccccc12)C(=O)c1ccc2c(c1)nnn2C. The molecule has 4 aromatic rings. The number of nitrogens with one attached hydrogen (secondary N) is 1. The Hall–Kier alpha value is -3.74. The molecule has 0 spiro atoms. The molecule has 0 aliphatic rings. The molecule has 0 bridgehead atoms. The minimum absolute atomic E-state index is 0.0550. The summed E-state index contributed by atoms with van der Waals surface area (Å²) in [5, 5.41) is 12.9. The summed E-state index contributed by atoms with van der Waals surface area (Å²) in [5.41, 5.74) is 2.67. The number of nitrogens with zero attached hydrogens (tertiary/aromatic N) is 4. The van der Waals surface area contributed by atoms with Crippen LogP contribution in [0.3, 0.4) is 0 Å². The zero-order valence-electron chi connectivity index (χ0n) is 15.6. The van der Waals surface area contributed by atoms with E-state index >= 15 is 0 Å². The van der Waals surface area contributed by atoms with Crippen molar-refractivity contribution in [3.8, 4) is 0 Å². The standard InChI is InChI=1S/C21H19N5O2/c1-25(21(28)15-10-11-19-18(12-15)23-24-26(19)2)13-20(27)22-17-9-5-7-14-6-3-4-8-16(14)17/h3-12H,13H2,1-2H3,(H,22,27). The highest BCUT2D eigenvalue weighted by atomic mass is 16.2. The molecule has 140 valence electrons. The number of carbonyl (C=O) groups is 2. The van der Waals surface area contributed by atoms with Crippen molar-refractivity contribution in [2.24, 2.45) is 7.05 Å². The van der Waals surface area contributed by atoms with Gasteiger partial charge in [0, 0.05) is 30.7 Å². The molecule has 0 aliphatic heterocycles. The Morgan fingerprint density at radius 2 is 1.86 bits per heavy atom. The molecule has 0 unspecified atom stereocenters. The second-order valence-electron chi connectivity index (χ2n) is 6.65. The number of aromatic nitrogens is 3. The van der Waals surface area contributed by atoms with Gasteiger partial charge in [-0.2, -0.15) is 0 Å². The average molecular weight is 373 g/mol. The summed E-state index contributed by atoms with van der Waals surface area (Å²) in [5.74, 6) is -0.506. The number of likely N-dealkylation sites (N-methyl/N-ethyl adjacent to an activating group) is 1. The number of aryl methyl sites for hydroxylation is 1. The molecule has 1 N–H and O–H groups in total. The smallest absolute Gasteiger partial charge is 0.254 e. The number of rotatable bonds is 4. The molecule has 7 heteroatoms. The molecular weight excluding hydrogens is 354 g/mol. The molecule has 0 saturated heterocycles. The number of hydrogen-bond acceptors (Lipinski definition) is 4. The fourth-order valence-corrected chi connectivity index (χ4v) is 3.21. The molecule has 3 aromatic carbocycles. The number of fused-ring (bicyclic) bond motifs is 2. The Labute approximate surface area is 161 Å². The largest absolute Gasteiger partial charge is 0.332 e. The van der Waals surface area contributed by atoms with Crippen LogP contribution < -0.4 is 5.32 Å². The second kappa shape index (κ2) is 7.11. The Kier molecular flexibility index (Phi) is 4.49. The van der Waals surface area contributed by atoms with E-state index in [1.54, 1.807) is 37.0 Å². The van der Waals surface area contributed by atoms with Crippen molar-refractivity contribution in [3.05, 3.63) is 66.2 Å². The topological polar surface area (TPSA) is 80.1 Å². The van der Waals surface area contributed by atoms with Gasteiger partial charge in [0.2, 0.25) is 5.91 Å². The third kappa shape index (κ3) is 3.29. The third-order valence-electron chi connectivity index (χ3n) is 4.65. The molecule has 0 aliphatic carbocycles. The number of amides is 2. The zero-order chi connectivity index (χ0) is 19.7. The highest BCUT2D eigenvalue weighted by Gasteiger charge is 2.17. The highest BCUT2D eigenvalue weighted by Crippen LogP contribution is 2.23. The fraction of sp³-hybridized carbons (Fsp3) is 0.143. The molecule has 28 heavy (non-hydrogen) atoms. The summed E-state index contributed by atoms with van der Waals surface area (Å²) in [6, 6.07) is 18.8. The van der Waals surface area contributed by atoms with Crippen LogP contribution in [0.1, 0.15) is 10.4 Å². The lowest BCUT2D eigenvalue weighted by molar-refractivity contribution is -0.116. The van der Waals surface area contributed by atoms with Gasteiger partial charge in [-0.25, -0.2) is 4.68 Å². The van der Waals surface area contributed by atoms with Crippen molar-refractivity contribution in [1.29, 1.82) is 0 Å². The van der Waals surface area contributed by atoms with Gasteiger partial charge in [0.25, 0.3) is 5.91 Å². The van der Waals surface area contributed by atoms with Crippen LogP contribution in [0.25, 0.3) is 21.8 Å². The average Bonchev–Trinajstić information content (AvgIpc) is 3.08. The van der Waals surface area contributed by atoms with E-state index in [2.05, 4.69) is 15.6 Å². The van der Waals surface area contributed by atoms with E-state index in [0.29, 0.717) is 11.1 Å². The van der Waals surface area contributed by atoms with Gasteiger partial charge in [-0.3, -0.25) is 9.59 Å². The van der Waals surface area contributed by atoms with Gasteiger partial charge in [-0.15, -0.1) is 5.10 Å². The molecular formula is C21H19N5O2. The Morgan fingerprint density at radius 3 is 2.71 bits per heavy atom. The molecule has 0 atom stereocenters. The van der Waals surface area contributed by atoms with E-state index in [4.69, 9.17) is 0 Å². The van der Waals surface area contributed by atoms with Crippen LogP contribution in [-0.2, 0) is 11.8 Å². The van der Waals surface area contributed by atoms with Crippen LogP contribution in [0, 0.1) is 0 Å². The summed E-state index contributed by atoms with van der Waals surface area (Å²) in [6.45, 7) is -0.0550. The van der Waals surface area contributed by atoms with Crippen LogP contribution in [-0.4, -0.2) is 45.3 Å². The van der Waals surface area contributed by atoms with Crippen LogP contribution in [0.4, 0.5) is 5.69 Å². The van der Waals surface area contributed by atoms with Gasteiger partial charge in [-0.1, -0.05) is 41.6 Å². The Morgan fingerprint density at radius 1 is 1.07 bits per heavy atom. The predicted molar refractivity (Wildman–Crippen MR) is 108 cm³/mol. The quantitative estimate of drug-likeness (QED) is 0.596.